The Labute approximate surface area is 114 Å². The molecule has 1 aromatic heterocycles. The van der Waals surface area contributed by atoms with Gasteiger partial charge in [-0.15, -0.1) is 0 Å². The molecule has 1 atom stereocenters. The maximum Gasteiger partial charge on any atom is 0.341 e. The van der Waals surface area contributed by atoms with Gasteiger partial charge in [-0.25, -0.2) is 4.79 Å². The van der Waals surface area contributed by atoms with Crippen LogP contribution in [-0.4, -0.2) is 19.1 Å². The fourth-order valence-electron chi connectivity index (χ4n) is 2.82. The van der Waals surface area contributed by atoms with Gasteiger partial charge >= 0.3 is 5.97 Å². The molecule has 1 aliphatic rings. The maximum atomic E-state index is 11.3. The average molecular weight is 265 g/mol. The predicted octanol–water partition coefficient (Wildman–Crippen LogP) is 3.12. The van der Waals surface area contributed by atoms with Crippen molar-refractivity contribution in [3.05, 3.63) is 23.7 Å². The molecule has 0 spiro atoms. The Morgan fingerprint density at radius 2 is 2.37 bits per heavy atom. The molecule has 1 aliphatic carbocycles. The normalized spacial score (nSPS) is 22.2. The first-order valence-corrected chi connectivity index (χ1v) is 6.89. The van der Waals surface area contributed by atoms with E-state index in [4.69, 9.17) is 4.42 Å². The van der Waals surface area contributed by atoms with Crippen molar-refractivity contribution in [2.24, 2.45) is 5.41 Å². The largest absolute Gasteiger partial charge is 0.467 e. The van der Waals surface area contributed by atoms with Gasteiger partial charge < -0.3 is 14.5 Å². The van der Waals surface area contributed by atoms with Gasteiger partial charge in [-0.2, -0.15) is 0 Å². The molecule has 0 amide bonds. The lowest BCUT2D eigenvalue weighted by molar-refractivity contribution is 0.0600. The highest BCUT2D eigenvalue weighted by molar-refractivity contribution is 5.88. The van der Waals surface area contributed by atoms with Crippen molar-refractivity contribution in [1.29, 1.82) is 0 Å². The van der Waals surface area contributed by atoms with Crippen LogP contribution < -0.4 is 5.32 Å². The Balaban J connectivity index is 1.85. The Hall–Kier alpha value is -1.29. The van der Waals surface area contributed by atoms with E-state index in [9.17, 15) is 4.79 Å². The SMILES string of the molecule is COC(=O)c1coc(CNC2CCCC(C)(C)C2)c1. The Morgan fingerprint density at radius 1 is 1.58 bits per heavy atom. The minimum absolute atomic E-state index is 0.353. The lowest BCUT2D eigenvalue weighted by atomic mass is 9.75. The first-order chi connectivity index (χ1) is 9.00. The minimum atomic E-state index is -0.353. The molecule has 1 saturated carbocycles. The third-order valence-electron chi connectivity index (χ3n) is 3.84. The van der Waals surface area contributed by atoms with E-state index in [1.807, 2.05) is 0 Å². The zero-order valence-corrected chi connectivity index (χ0v) is 12.0. The van der Waals surface area contributed by atoms with Crippen LogP contribution in [0.5, 0.6) is 0 Å². The van der Waals surface area contributed by atoms with Crippen LogP contribution in [0, 0.1) is 5.41 Å². The molecule has 4 heteroatoms. The summed E-state index contributed by atoms with van der Waals surface area (Å²) in [6.45, 7) is 5.31. The number of rotatable bonds is 4. The predicted molar refractivity (Wildman–Crippen MR) is 72.9 cm³/mol. The zero-order valence-electron chi connectivity index (χ0n) is 12.0. The Bertz CT molecular complexity index is 436. The fraction of sp³-hybridized carbons (Fsp3) is 0.667. The van der Waals surface area contributed by atoms with Crippen LogP contribution in [0.2, 0.25) is 0 Å². The van der Waals surface area contributed by atoms with Gasteiger partial charge in [0.05, 0.1) is 19.2 Å². The number of ether oxygens (including phenoxy) is 1. The average Bonchev–Trinajstić information content (AvgIpc) is 2.83. The van der Waals surface area contributed by atoms with Gasteiger partial charge in [0.2, 0.25) is 0 Å². The number of methoxy groups -OCH3 is 1. The van der Waals surface area contributed by atoms with Crippen molar-refractivity contribution in [2.45, 2.75) is 52.1 Å². The molecule has 0 aliphatic heterocycles. The zero-order chi connectivity index (χ0) is 13.9. The molecule has 0 aromatic carbocycles. The minimum Gasteiger partial charge on any atom is -0.467 e. The molecule has 19 heavy (non-hydrogen) atoms. The van der Waals surface area contributed by atoms with E-state index >= 15 is 0 Å². The first-order valence-electron chi connectivity index (χ1n) is 6.89. The molecule has 1 N–H and O–H groups in total. The maximum absolute atomic E-state index is 11.3. The molecule has 4 nitrogen and oxygen atoms in total. The molecule has 1 unspecified atom stereocenters. The number of esters is 1. The highest BCUT2D eigenvalue weighted by Gasteiger charge is 2.27. The van der Waals surface area contributed by atoms with Crippen molar-refractivity contribution in [2.75, 3.05) is 7.11 Å². The van der Waals surface area contributed by atoms with Gasteiger partial charge in [-0.05, 0) is 30.7 Å². The number of carbonyl (C=O) groups is 1. The van der Waals surface area contributed by atoms with E-state index in [1.165, 1.54) is 39.1 Å². The molecule has 1 aromatic rings. The van der Waals surface area contributed by atoms with Crippen LogP contribution in [0.1, 0.15) is 55.6 Å². The lowest BCUT2D eigenvalue weighted by Crippen LogP contribution is -2.36. The fourth-order valence-corrected chi connectivity index (χ4v) is 2.82. The quantitative estimate of drug-likeness (QED) is 0.850. The second-order valence-corrected chi connectivity index (χ2v) is 6.13. The molecule has 106 valence electrons. The summed E-state index contributed by atoms with van der Waals surface area (Å²) in [5.74, 6) is 0.428. The molecular formula is C15H23NO3. The second kappa shape index (κ2) is 5.78. The van der Waals surface area contributed by atoms with Crippen molar-refractivity contribution in [1.82, 2.24) is 5.32 Å². The van der Waals surface area contributed by atoms with Gasteiger partial charge in [-0.1, -0.05) is 20.3 Å². The van der Waals surface area contributed by atoms with Crippen LogP contribution in [0.4, 0.5) is 0 Å². The van der Waals surface area contributed by atoms with Gasteiger partial charge in [0.1, 0.15) is 12.0 Å². The van der Waals surface area contributed by atoms with E-state index in [2.05, 4.69) is 23.9 Å². The molecule has 0 radical (unpaired) electrons. The van der Waals surface area contributed by atoms with E-state index in [-0.39, 0.29) is 5.97 Å². The number of nitrogens with one attached hydrogen (secondary N) is 1. The van der Waals surface area contributed by atoms with Gasteiger partial charge in [0.15, 0.2) is 0 Å². The standard InChI is InChI=1S/C15H23NO3/c1-15(2)6-4-5-12(8-15)16-9-13-7-11(10-19-13)14(17)18-3/h7,10,12,16H,4-6,8-9H2,1-3H3. The Kier molecular flexibility index (Phi) is 4.30. The van der Waals surface area contributed by atoms with Crippen LogP contribution in [0.3, 0.4) is 0 Å². The molecular weight excluding hydrogens is 242 g/mol. The highest BCUT2D eigenvalue weighted by Crippen LogP contribution is 2.35. The molecule has 1 heterocycles. The third-order valence-corrected chi connectivity index (χ3v) is 3.84. The first kappa shape index (κ1) is 14.1. The van der Waals surface area contributed by atoms with Crippen LogP contribution in [0.25, 0.3) is 0 Å². The number of hydrogen-bond acceptors (Lipinski definition) is 4. The van der Waals surface area contributed by atoms with Gasteiger partial charge in [-0.3, -0.25) is 0 Å². The third kappa shape index (κ3) is 3.83. The van der Waals surface area contributed by atoms with E-state index in [0.29, 0.717) is 23.6 Å². The van der Waals surface area contributed by atoms with Crippen LogP contribution in [-0.2, 0) is 11.3 Å². The lowest BCUT2D eigenvalue weighted by Gasteiger charge is -2.35. The van der Waals surface area contributed by atoms with Crippen molar-refractivity contribution < 1.29 is 13.9 Å². The van der Waals surface area contributed by atoms with Crippen LogP contribution in [0.15, 0.2) is 16.7 Å². The summed E-state index contributed by atoms with van der Waals surface area (Å²) in [5, 5.41) is 3.52. The summed E-state index contributed by atoms with van der Waals surface area (Å²) in [7, 11) is 1.37. The monoisotopic (exact) mass is 265 g/mol. The van der Waals surface area contributed by atoms with Crippen LogP contribution >= 0.6 is 0 Å². The molecule has 0 bridgehead atoms. The Morgan fingerprint density at radius 3 is 3.05 bits per heavy atom. The van der Waals surface area contributed by atoms with Gasteiger partial charge in [0, 0.05) is 6.04 Å². The van der Waals surface area contributed by atoms with E-state index in [0.717, 1.165) is 5.76 Å². The molecule has 2 rings (SSSR count). The molecule has 1 fully saturated rings. The summed E-state index contributed by atoms with van der Waals surface area (Å²) in [4.78, 5) is 11.3. The topological polar surface area (TPSA) is 51.5 Å². The summed E-state index contributed by atoms with van der Waals surface area (Å²) < 4.78 is 10.0. The summed E-state index contributed by atoms with van der Waals surface area (Å²) in [5.41, 5.74) is 0.902. The van der Waals surface area contributed by atoms with Crippen molar-refractivity contribution >= 4 is 5.97 Å². The number of furan rings is 1. The summed E-state index contributed by atoms with van der Waals surface area (Å²) in [6.07, 6.45) is 6.44. The van der Waals surface area contributed by atoms with Gasteiger partial charge in [0.25, 0.3) is 0 Å². The second-order valence-electron chi connectivity index (χ2n) is 6.13. The van der Waals surface area contributed by atoms with E-state index < -0.39 is 0 Å². The van der Waals surface area contributed by atoms with E-state index in [1.54, 1.807) is 6.07 Å². The van der Waals surface area contributed by atoms with Crippen molar-refractivity contribution in [3.8, 4) is 0 Å². The molecule has 0 saturated heterocycles. The summed E-state index contributed by atoms with van der Waals surface area (Å²) in [6, 6.07) is 2.28. The number of carbonyl (C=O) groups excluding carboxylic acids is 1. The van der Waals surface area contributed by atoms with Crippen molar-refractivity contribution in [3.63, 3.8) is 0 Å². The smallest absolute Gasteiger partial charge is 0.341 e. The summed E-state index contributed by atoms with van der Waals surface area (Å²) >= 11 is 0. The number of hydrogen-bond donors (Lipinski definition) is 1. The highest BCUT2D eigenvalue weighted by atomic mass is 16.5.